The van der Waals surface area contributed by atoms with Gasteiger partial charge in [0.15, 0.2) is 0 Å². The summed E-state index contributed by atoms with van der Waals surface area (Å²) < 4.78 is 5.18. The number of allylic oxidation sites excluding steroid dienone is 10. The molecule has 3 nitrogen and oxygen atoms in total. The molecule has 0 radical (unpaired) electrons. The molecule has 0 unspecified atom stereocenters. The van der Waals surface area contributed by atoms with Crippen molar-refractivity contribution in [3.8, 4) is 0 Å². The van der Waals surface area contributed by atoms with Crippen molar-refractivity contribution in [3.63, 3.8) is 0 Å². The second kappa shape index (κ2) is 7.93. The van der Waals surface area contributed by atoms with Gasteiger partial charge in [-0.25, -0.2) is 0 Å². The summed E-state index contributed by atoms with van der Waals surface area (Å²) >= 11 is 0. The maximum Gasteiger partial charge on any atom is 0.248 e. The summed E-state index contributed by atoms with van der Waals surface area (Å²) in [4.78, 5) is 11.1. The van der Waals surface area contributed by atoms with E-state index in [-0.39, 0.29) is 6.61 Å². The lowest BCUT2D eigenvalue weighted by atomic mass is 10.2. The maximum absolute atomic E-state index is 11.1. The zero-order valence-corrected chi connectivity index (χ0v) is 9.45. The zero-order chi connectivity index (χ0) is 12.3. The predicted octanol–water partition coefficient (Wildman–Crippen LogP) is 2.17. The molecule has 1 heterocycles. The van der Waals surface area contributed by atoms with Crippen LogP contribution in [0.4, 0.5) is 0 Å². The molecule has 1 rings (SSSR count). The van der Waals surface area contributed by atoms with Gasteiger partial charge < -0.3 is 10.5 Å². The molecular weight excluding hydrogens is 214 g/mol. The monoisotopic (exact) mass is 229 g/mol. The minimum absolute atomic E-state index is 0.170. The molecular formula is C14H15NO2. The van der Waals surface area contributed by atoms with Gasteiger partial charge in [0.1, 0.15) is 6.61 Å². The molecule has 1 aliphatic rings. The van der Waals surface area contributed by atoms with E-state index >= 15 is 0 Å². The van der Waals surface area contributed by atoms with Crippen LogP contribution in [0.15, 0.2) is 72.6 Å². The van der Waals surface area contributed by atoms with Gasteiger partial charge in [-0.3, -0.25) is 4.79 Å². The Hall–Kier alpha value is -2.29. The van der Waals surface area contributed by atoms with Crippen LogP contribution in [0.3, 0.4) is 0 Å². The van der Waals surface area contributed by atoms with Crippen molar-refractivity contribution in [3.05, 3.63) is 72.6 Å². The first kappa shape index (κ1) is 12.8. The highest BCUT2D eigenvalue weighted by Gasteiger charge is 2.02. The largest absolute Gasteiger partial charge is 0.496 e. The molecule has 0 aromatic rings. The number of nitrogens with two attached hydrogens (primary N) is 1. The fraction of sp³-hybridized carbons (Fsp3) is 0.0714. The summed E-state index contributed by atoms with van der Waals surface area (Å²) in [6, 6.07) is 0. The van der Waals surface area contributed by atoms with Gasteiger partial charge in [0.05, 0.1) is 11.8 Å². The summed E-state index contributed by atoms with van der Waals surface area (Å²) in [6.07, 6.45) is 19.8. The Morgan fingerprint density at radius 2 is 1.47 bits per heavy atom. The van der Waals surface area contributed by atoms with Crippen molar-refractivity contribution in [2.45, 2.75) is 0 Å². The van der Waals surface area contributed by atoms with Gasteiger partial charge in [-0.2, -0.15) is 0 Å². The first-order valence-corrected chi connectivity index (χ1v) is 5.24. The van der Waals surface area contributed by atoms with E-state index in [1.165, 1.54) is 6.26 Å². The van der Waals surface area contributed by atoms with E-state index in [9.17, 15) is 4.79 Å². The molecule has 1 amide bonds. The molecule has 0 atom stereocenters. The van der Waals surface area contributed by atoms with Crippen LogP contribution < -0.4 is 5.73 Å². The van der Waals surface area contributed by atoms with Crippen LogP contribution in [0.1, 0.15) is 0 Å². The SMILES string of the molecule is NC(=O)/C1=C/C=C/C=C\C=C\C=C\C=C/OC1. The Morgan fingerprint density at radius 3 is 2.06 bits per heavy atom. The molecule has 2 N–H and O–H groups in total. The van der Waals surface area contributed by atoms with E-state index in [0.29, 0.717) is 5.57 Å². The molecule has 0 saturated heterocycles. The number of hydrogen-bond acceptors (Lipinski definition) is 2. The summed E-state index contributed by atoms with van der Waals surface area (Å²) in [5.74, 6) is -0.477. The van der Waals surface area contributed by atoms with Crippen LogP contribution in [0.25, 0.3) is 0 Å². The van der Waals surface area contributed by atoms with Crippen LogP contribution in [0.2, 0.25) is 0 Å². The Labute approximate surface area is 101 Å². The van der Waals surface area contributed by atoms with Gasteiger partial charge in [-0.1, -0.05) is 54.7 Å². The molecule has 0 aromatic carbocycles. The van der Waals surface area contributed by atoms with E-state index in [0.717, 1.165) is 0 Å². The average molecular weight is 229 g/mol. The summed E-state index contributed by atoms with van der Waals surface area (Å²) in [5, 5.41) is 0. The molecule has 0 aliphatic carbocycles. The lowest BCUT2D eigenvalue weighted by Gasteiger charge is -2.01. The first-order valence-electron chi connectivity index (χ1n) is 5.24. The highest BCUT2D eigenvalue weighted by atomic mass is 16.5. The number of primary amides is 1. The number of amides is 1. The van der Waals surface area contributed by atoms with Gasteiger partial charge in [-0.05, 0) is 6.08 Å². The topological polar surface area (TPSA) is 52.3 Å². The molecule has 0 fully saturated rings. The van der Waals surface area contributed by atoms with Crippen molar-refractivity contribution in [1.82, 2.24) is 0 Å². The predicted molar refractivity (Wildman–Crippen MR) is 68.9 cm³/mol. The molecule has 0 aromatic heterocycles. The van der Waals surface area contributed by atoms with Crippen molar-refractivity contribution < 1.29 is 9.53 Å². The number of rotatable bonds is 1. The fourth-order valence-electron chi connectivity index (χ4n) is 1.06. The summed E-state index contributed by atoms with van der Waals surface area (Å²) in [5.41, 5.74) is 5.64. The molecule has 17 heavy (non-hydrogen) atoms. The van der Waals surface area contributed by atoms with Gasteiger partial charge in [0.25, 0.3) is 0 Å². The normalized spacial score (nSPS) is 28.6. The van der Waals surface area contributed by atoms with Crippen LogP contribution in [-0.2, 0) is 9.53 Å². The average Bonchev–Trinajstić information content (AvgIpc) is 2.31. The molecule has 3 heteroatoms. The van der Waals surface area contributed by atoms with E-state index in [1.54, 1.807) is 18.2 Å². The highest BCUT2D eigenvalue weighted by molar-refractivity contribution is 5.92. The van der Waals surface area contributed by atoms with E-state index < -0.39 is 5.91 Å². The Bertz CT molecular complexity index is 424. The lowest BCUT2D eigenvalue weighted by molar-refractivity contribution is -0.115. The molecule has 88 valence electrons. The zero-order valence-electron chi connectivity index (χ0n) is 9.45. The minimum atomic E-state index is -0.477. The van der Waals surface area contributed by atoms with Gasteiger partial charge in [0.2, 0.25) is 5.91 Å². The molecule has 0 saturated carbocycles. The Kier molecular flexibility index (Phi) is 5.96. The molecule has 0 bridgehead atoms. The number of hydrogen-bond donors (Lipinski definition) is 1. The van der Waals surface area contributed by atoms with Gasteiger partial charge >= 0.3 is 0 Å². The van der Waals surface area contributed by atoms with E-state index in [1.807, 2.05) is 42.5 Å². The number of carbonyl (C=O) groups is 1. The Morgan fingerprint density at radius 1 is 0.941 bits per heavy atom. The lowest BCUT2D eigenvalue weighted by Crippen LogP contribution is -2.17. The van der Waals surface area contributed by atoms with Crippen LogP contribution in [0.5, 0.6) is 0 Å². The quantitative estimate of drug-likeness (QED) is 0.749. The second-order valence-electron chi connectivity index (χ2n) is 3.24. The van der Waals surface area contributed by atoms with Gasteiger partial charge in [-0.15, -0.1) is 0 Å². The smallest absolute Gasteiger partial charge is 0.248 e. The van der Waals surface area contributed by atoms with Crippen molar-refractivity contribution in [2.75, 3.05) is 6.61 Å². The second-order valence-corrected chi connectivity index (χ2v) is 3.24. The van der Waals surface area contributed by atoms with Crippen molar-refractivity contribution in [1.29, 1.82) is 0 Å². The van der Waals surface area contributed by atoms with Gasteiger partial charge in [0, 0.05) is 0 Å². The third kappa shape index (κ3) is 5.99. The first-order chi connectivity index (χ1) is 8.30. The van der Waals surface area contributed by atoms with Crippen LogP contribution >= 0.6 is 0 Å². The Balaban J connectivity index is 2.80. The highest BCUT2D eigenvalue weighted by Crippen LogP contribution is 1.97. The third-order valence-corrected chi connectivity index (χ3v) is 1.92. The van der Waals surface area contributed by atoms with Crippen molar-refractivity contribution >= 4 is 5.91 Å². The number of ether oxygens (including phenoxy) is 1. The van der Waals surface area contributed by atoms with E-state index in [4.69, 9.17) is 10.5 Å². The molecule has 1 aliphatic heterocycles. The van der Waals surface area contributed by atoms with Crippen LogP contribution in [-0.4, -0.2) is 12.5 Å². The summed E-state index contributed by atoms with van der Waals surface area (Å²) in [7, 11) is 0. The maximum atomic E-state index is 11.1. The van der Waals surface area contributed by atoms with Crippen molar-refractivity contribution in [2.24, 2.45) is 5.73 Å². The summed E-state index contributed by atoms with van der Waals surface area (Å²) in [6.45, 7) is 0.170. The number of carbonyl (C=O) groups excluding carboxylic acids is 1. The minimum Gasteiger partial charge on any atom is -0.496 e. The van der Waals surface area contributed by atoms with E-state index in [2.05, 4.69) is 0 Å². The standard InChI is InChI=1S/C14H15NO2/c15-14(16)13-10-8-6-4-2-1-3-5-7-9-11-17-12-13/h1-11H,12H2,(H2,15,16)/b3-1+,4-2-,7-5+,8-6+,11-9-,13-10+. The fourth-order valence-corrected chi connectivity index (χ4v) is 1.06. The third-order valence-electron chi connectivity index (χ3n) is 1.92. The molecule has 0 spiro atoms. The van der Waals surface area contributed by atoms with Crippen LogP contribution in [0, 0.1) is 0 Å².